The fourth-order valence-electron chi connectivity index (χ4n) is 6.45. The predicted molar refractivity (Wildman–Crippen MR) is 154 cm³/mol. The van der Waals surface area contributed by atoms with E-state index in [9.17, 15) is 9.59 Å². The first-order chi connectivity index (χ1) is 17.8. The quantitative estimate of drug-likeness (QED) is 0.189. The molecule has 4 heteroatoms. The van der Waals surface area contributed by atoms with Crippen molar-refractivity contribution in [2.75, 3.05) is 7.11 Å². The molecule has 2 bridgehead atoms. The second-order valence-corrected chi connectivity index (χ2v) is 12.3. The normalized spacial score (nSPS) is 26.0. The molecule has 4 nitrogen and oxygen atoms in total. The molecule has 3 rings (SSSR count). The Morgan fingerprint density at radius 2 is 1.50 bits per heavy atom. The molecule has 2 aliphatic carbocycles. The van der Waals surface area contributed by atoms with Crippen LogP contribution in [0.2, 0.25) is 0 Å². The zero-order chi connectivity index (χ0) is 28.5. The highest BCUT2D eigenvalue weighted by Crippen LogP contribution is 2.66. The molecule has 1 aromatic rings. The molecule has 204 valence electrons. The molecule has 1 fully saturated rings. The Kier molecular flexibility index (Phi) is 8.55. The molecule has 0 N–H and O–H groups in total. The summed E-state index contributed by atoms with van der Waals surface area (Å²) >= 11 is 0. The molecule has 1 saturated carbocycles. The van der Waals surface area contributed by atoms with E-state index in [0.29, 0.717) is 42.6 Å². The summed E-state index contributed by atoms with van der Waals surface area (Å²) in [5, 5.41) is 0. The second-order valence-electron chi connectivity index (χ2n) is 12.3. The zero-order valence-corrected chi connectivity index (χ0v) is 24.7. The van der Waals surface area contributed by atoms with Gasteiger partial charge < -0.3 is 4.74 Å². The molecule has 0 aromatic heterocycles. The minimum absolute atomic E-state index is 0.0903. The van der Waals surface area contributed by atoms with Crippen LogP contribution in [0.15, 0.2) is 76.6 Å². The first-order valence-corrected chi connectivity index (χ1v) is 13.6. The van der Waals surface area contributed by atoms with Gasteiger partial charge in [-0.25, -0.2) is 0 Å². The summed E-state index contributed by atoms with van der Waals surface area (Å²) in [5.41, 5.74) is 0.311. The first kappa shape index (κ1) is 29.5. The highest BCUT2D eigenvalue weighted by atomic mass is 16.5. The minimum Gasteiger partial charge on any atom is -0.500 e. The Hall–Kier alpha value is -3.01. The summed E-state index contributed by atoms with van der Waals surface area (Å²) in [6.07, 6.45) is 8.13. The number of carbonyl (C=O) groups excluding carboxylic acids is 3. The van der Waals surface area contributed by atoms with E-state index in [0.717, 1.165) is 11.1 Å². The van der Waals surface area contributed by atoms with Gasteiger partial charge in [0, 0.05) is 11.1 Å². The Balaban J connectivity index is 2.49. The maximum atomic E-state index is 15.0. The molecular weight excluding hydrogens is 472 g/mol. The van der Waals surface area contributed by atoms with Crippen LogP contribution in [0.1, 0.15) is 91.4 Å². The van der Waals surface area contributed by atoms with Crippen molar-refractivity contribution >= 4 is 17.3 Å². The van der Waals surface area contributed by atoms with Crippen LogP contribution in [-0.4, -0.2) is 24.5 Å². The molecule has 0 radical (unpaired) electrons. The van der Waals surface area contributed by atoms with Gasteiger partial charge in [0.05, 0.1) is 12.5 Å². The molecular formula is C34H44O4. The molecule has 0 amide bonds. The van der Waals surface area contributed by atoms with Crippen molar-refractivity contribution in [2.45, 2.75) is 81.1 Å². The number of fused-ring (bicyclic) bond motifs is 2. The van der Waals surface area contributed by atoms with E-state index < -0.39 is 27.8 Å². The molecule has 2 aliphatic rings. The molecule has 1 aromatic carbocycles. The summed E-state index contributed by atoms with van der Waals surface area (Å²) in [6, 6.07) is 8.85. The molecule has 3 atom stereocenters. The van der Waals surface area contributed by atoms with Gasteiger partial charge in [0.25, 0.3) is 0 Å². The van der Waals surface area contributed by atoms with Gasteiger partial charge in [-0.05, 0) is 78.6 Å². The number of methoxy groups -OCH3 is 1. The lowest BCUT2D eigenvalue weighted by Gasteiger charge is -2.60. The summed E-state index contributed by atoms with van der Waals surface area (Å²) in [4.78, 5) is 44.5. The maximum absolute atomic E-state index is 15.0. The van der Waals surface area contributed by atoms with Crippen LogP contribution < -0.4 is 0 Å². The summed E-state index contributed by atoms with van der Waals surface area (Å²) in [5.74, 6) is -0.751. The number of allylic oxidation sites excluding steroid dienone is 8. The lowest BCUT2D eigenvalue weighted by atomic mass is 9.39. The Morgan fingerprint density at radius 1 is 0.921 bits per heavy atom. The van der Waals surface area contributed by atoms with Crippen LogP contribution in [-0.2, 0) is 14.3 Å². The summed E-state index contributed by atoms with van der Waals surface area (Å²) in [6.45, 7) is 16.0. The van der Waals surface area contributed by atoms with Crippen molar-refractivity contribution in [3.05, 3.63) is 82.2 Å². The van der Waals surface area contributed by atoms with Crippen LogP contribution in [0.4, 0.5) is 0 Å². The van der Waals surface area contributed by atoms with Crippen molar-refractivity contribution in [1.29, 1.82) is 0 Å². The van der Waals surface area contributed by atoms with Gasteiger partial charge >= 0.3 is 0 Å². The fraction of sp³-hybridized carbons (Fsp3) is 0.500. The zero-order valence-electron chi connectivity index (χ0n) is 24.7. The van der Waals surface area contributed by atoms with E-state index in [1.165, 1.54) is 5.57 Å². The standard InChI is InChI=1S/C34H44O4/c1-22(2)15-17-26-21-33(20-19-24(5)6)30(38-9)27(18-16-23(3)4)29(36)34(31(33)37,32(26,7)8)28(35)25-13-11-10-12-14-25/h10-16,19,26H,17-18,20-21H2,1-9H3/t26-,33+,34-/m1/s1. The number of Topliss-reactive ketones (excluding diaryl/α,β-unsaturated/α-hetero) is 3. The number of benzene rings is 1. The van der Waals surface area contributed by atoms with Crippen LogP contribution >= 0.6 is 0 Å². The summed E-state index contributed by atoms with van der Waals surface area (Å²) in [7, 11) is 1.56. The molecule has 0 heterocycles. The first-order valence-electron chi connectivity index (χ1n) is 13.6. The average molecular weight is 517 g/mol. The van der Waals surface area contributed by atoms with Gasteiger partial charge in [-0.15, -0.1) is 0 Å². The van der Waals surface area contributed by atoms with E-state index in [-0.39, 0.29) is 11.7 Å². The van der Waals surface area contributed by atoms with Gasteiger partial charge in [-0.3, -0.25) is 14.4 Å². The Bertz CT molecular complexity index is 1230. The third-order valence-electron chi connectivity index (χ3n) is 8.65. The van der Waals surface area contributed by atoms with Gasteiger partial charge in [0.15, 0.2) is 22.8 Å². The average Bonchev–Trinajstić information content (AvgIpc) is 2.85. The predicted octanol–water partition coefficient (Wildman–Crippen LogP) is 8.01. The van der Waals surface area contributed by atoms with E-state index in [1.54, 1.807) is 31.4 Å². The number of ether oxygens (including phenoxy) is 1. The monoisotopic (exact) mass is 516 g/mol. The lowest BCUT2D eigenvalue weighted by Crippen LogP contribution is -2.69. The van der Waals surface area contributed by atoms with Crippen LogP contribution in [0, 0.1) is 22.2 Å². The number of carbonyl (C=O) groups is 3. The Labute approximate surface area is 228 Å². The van der Waals surface area contributed by atoms with Crippen molar-refractivity contribution in [1.82, 2.24) is 0 Å². The van der Waals surface area contributed by atoms with Crippen LogP contribution in [0.25, 0.3) is 0 Å². The second kappa shape index (κ2) is 11.0. The third-order valence-corrected chi connectivity index (χ3v) is 8.65. The third kappa shape index (κ3) is 4.67. The highest BCUT2D eigenvalue weighted by molar-refractivity contribution is 6.36. The molecule has 0 unspecified atom stereocenters. The van der Waals surface area contributed by atoms with Gasteiger partial charge in [-0.1, -0.05) is 79.1 Å². The number of hydrogen-bond acceptors (Lipinski definition) is 4. The van der Waals surface area contributed by atoms with E-state index >= 15 is 4.79 Å². The largest absolute Gasteiger partial charge is 0.500 e. The van der Waals surface area contributed by atoms with E-state index in [4.69, 9.17) is 4.74 Å². The van der Waals surface area contributed by atoms with Gasteiger partial charge in [0.2, 0.25) is 0 Å². The highest BCUT2D eigenvalue weighted by Gasteiger charge is 2.75. The van der Waals surface area contributed by atoms with Gasteiger partial charge in [-0.2, -0.15) is 0 Å². The van der Waals surface area contributed by atoms with E-state index in [1.807, 2.05) is 53.7 Å². The molecule has 0 spiro atoms. The molecule has 0 saturated heterocycles. The Morgan fingerprint density at radius 3 is 2.03 bits per heavy atom. The molecule has 0 aliphatic heterocycles. The topological polar surface area (TPSA) is 60.4 Å². The molecule has 38 heavy (non-hydrogen) atoms. The van der Waals surface area contributed by atoms with Gasteiger partial charge in [0.1, 0.15) is 5.76 Å². The smallest absolute Gasteiger partial charge is 0.184 e. The lowest BCUT2D eigenvalue weighted by molar-refractivity contribution is -0.165. The van der Waals surface area contributed by atoms with Crippen LogP contribution in [0.3, 0.4) is 0 Å². The SMILES string of the molecule is COC1=C(CC=C(C)C)C(=O)[C@]2(C(=O)c3ccccc3)C(=O)[C@@]1(CC=C(C)C)C[C@@H](CC=C(C)C)C2(C)C. The number of ketones is 3. The van der Waals surface area contributed by atoms with Crippen molar-refractivity contribution < 1.29 is 19.1 Å². The van der Waals surface area contributed by atoms with Crippen molar-refractivity contribution in [2.24, 2.45) is 22.2 Å². The fourth-order valence-corrected chi connectivity index (χ4v) is 6.45. The van der Waals surface area contributed by atoms with E-state index in [2.05, 4.69) is 26.0 Å². The van der Waals surface area contributed by atoms with Crippen molar-refractivity contribution in [3.8, 4) is 0 Å². The maximum Gasteiger partial charge on any atom is 0.184 e. The number of rotatable bonds is 9. The minimum atomic E-state index is -1.84. The van der Waals surface area contributed by atoms with Crippen LogP contribution in [0.5, 0.6) is 0 Å². The number of hydrogen-bond donors (Lipinski definition) is 0. The summed E-state index contributed by atoms with van der Waals surface area (Å²) < 4.78 is 6.02. The van der Waals surface area contributed by atoms with Crippen molar-refractivity contribution in [3.63, 3.8) is 0 Å².